The average Bonchev–Trinajstić information content (AvgIpc) is 2.71. The Hall–Kier alpha value is -1.53. The van der Waals surface area contributed by atoms with E-state index in [2.05, 4.69) is 10.2 Å². The van der Waals surface area contributed by atoms with Gasteiger partial charge in [0.15, 0.2) is 0 Å². The predicted molar refractivity (Wildman–Crippen MR) is 68.8 cm³/mol. The normalized spacial score (nSPS) is 10.2. The highest BCUT2D eigenvalue weighted by Crippen LogP contribution is 2.31. The molecule has 0 saturated heterocycles. The maximum absolute atomic E-state index is 11.6. The van der Waals surface area contributed by atoms with Crippen LogP contribution in [0.5, 0.6) is 0 Å². The zero-order valence-corrected chi connectivity index (χ0v) is 10.9. The Morgan fingerprint density at radius 2 is 2.29 bits per heavy atom. The minimum atomic E-state index is -0.345. The third-order valence-corrected chi connectivity index (χ3v) is 3.59. The van der Waals surface area contributed by atoms with Crippen molar-refractivity contribution in [1.29, 1.82) is 0 Å². The third kappa shape index (κ3) is 2.27. The minimum Gasteiger partial charge on any atom is -0.465 e. The van der Waals surface area contributed by atoms with Crippen molar-refractivity contribution in [2.45, 2.75) is 6.92 Å². The minimum absolute atomic E-state index is 0.345. The highest BCUT2D eigenvalue weighted by molar-refractivity contribution is 7.71. The number of carbonyl (C=O) groups excluding carboxylic acids is 1. The Kier molecular flexibility index (Phi) is 3.35. The number of carbonyl (C=O) groups is 1. The molecule has 1 N–H and O–H groups in total. The van der Waals surface area contributed by atoms with Crippen molar-refractivity contribution in [3.63, 3.8) is 0 Å². The van der Waals surface area contributed by atoms with Crippen LogP contribution in [-0.2, 0) is 4.74 Å². The highest BCUT2D eigenvalue weighted by Gasteiger charge is 2.18. The summed E-state index contributed by atoms with van der Waals surface area (Å²) < 4.78 is 5.31. The van der Waals surface area contributed by atoms with Crippen LogP contribution in [0.25, 0.3) is 11.3 Å². The zero-order valence-electron chi connectivity index (χ0n) is 9.31. The maximum Gasteiger partial charge on any atom is 0.348 e. The van der Waals surface area contributed by atoms with E-state index >= 15 is 0 Å². The second kappa shape index (κ2) is 4.77. The number of rotatable bonds is 2. The molecule has 0 unspecified atom stereocenters. The van der Waals surface area contributed by atoms with Gasteiger partial charge in [-0.25, -0.2) is 4.79 Å². The number of aromatic amines is 1. The molecule has 0 aliphatic carbocycles. The molecule has 17 heavy (non-hydrogen) atoms. The van der Waals surface area contributed by atoms with Gasteiger partial charge in [-0.05, 0) is 30.0 Å². The fourth-order valence-corrected chi connectivity index (χ4v) is 2.58. The van der Waals surface area contributed by atoms with Crippen LogP contribution < -0.4 is 0 Å². The van der Waals surface area contributed by atoms with E-state index in [1.54, 1.807) is 12.1 Å². The fraction of sp³-hybridized carbons (Fsp3) is 0.182. The second-order valence-electron chi connectivity index (χ2n) is 3.42. The number of thiophene rings is 1. The van der Waals surface area contributed by atoms with Crippen LogP contribution in [0.3, 0.4) is 0 Å². The number of aromatic nitrogens is 2. The van der Waals surface area contributed by atoms with E-state index in [1.165, 1.54) is 18.4 Å². The monoisotopic (exact) mass is 266 g/mol. The lowest BCUT2D eigenvalue weighted by molar-refractivity contribution is 0.0607. The van der Waals surface area contributed by atoms with Gasteiger partial charge in [0.05, 0.1) is 12.8 Å². The zero-order chi connectivity index (χ0) is 12.4. The molecule has 0 aliphatic rings. The number of ether oxygens (including phenoxy) is 1. The first-order chi connectivity index (χ1) is 8.13. The molecule has 0 spiro atoms. The molecule has 0 fully saturated rings. The van der Waals surface area contributed by atoms with Crippen molar-refractivity contribution >= 4 is 29.5 Å². The summed E-state index contributed by atoms with van der Waals surface area (Å²) >= 11 is 6.29. The average molecular weight is 266 g/mol. The van der Waals surface area contributed by atoms with Gasteiger partial charge in [-0.3, -0.25) is 5.10 Å². The van der Waals surface area contributed by atoms with Crippen LogP contribution >= 0.6 is 23.6 Å². The summed E-state index contributed by atoms with van der Waals surface area (Å²) in [5, 5.41) is 8.75. The van der Waals surface area contributed by atoms with Crippen LogP contribution in [0.2, 0.25) is 0 Å². The molecule has 4 nitrogen and oxygen atoms in total. The number of methoxy groups -OCH3 is 1. The van der Waals surface area contributed by atoms with Crippen LogP contribution in [0.4, 0.5) is 0 Å². The molecule has 2 aromatic rings. The van der Waals surface area contributed by atoms with Gasteiger partial charge in [0.25, 0.3) is 0 Å². The topological polar surface area (TPSA) is 55.0 Å². The number of H-pyrrole nitrogens is 1. The molecule has 0 saturated carbocycles. The molecule has 2 heterocycles. The van der Waals surface area contributed by atoms with Crippen LogP contribution in [-0.4, -0.2) is 23.3 Å². The van der Waals surface area contributed by atoms with Gasteiger partial charge in [0, 0.05) is 5.56 Å². The molecule has 0 radical (unpaired) electrons. The van der Waals surface area contributed by atoms with Gasteiger partial charge in [-0.2, -0.15) is 5.10 Å². The van der Waals surface area contributed by atoms with Crippen LogP contribution in [0.15, 0.2) is 17.5 Å². The van der Waals surface area contributed by atoms with E-state index in [0.717, 1.165) is 11.1 Å². The molecular weight excluding hydrogens is 256 g/mol. The number of aryl methyl sites for hydroxylation is 1. The van der Waals surface area contributed by atoms with Crippen molar-refractivity contribution in [1.82, 2.24) is 10.2 Å². The molecule has 0 amide bonds. The van der Waals surface area contributed by atoms with E-state index in [4.69, 9.17) is 17.0 Å². The van der Waals surface area contributed by atoms with Gasteiger partial charge in [0.2, 0.25) is 0 Å². The number of hydrogen-bond acceptors (Lipinski definition) is 5. The summed E-state index contributed by atoms with van der Waals surface area (Å²) in [4.78, 5) is 12.2. The van der Waals surface area contributed by atoms with E-state index in [1.807, 2.05) is 12.3 Å². The van der Waals surface area contributed by atoms with Gasteiger partial charge >= 0.3 is 5.97 Å². The van der Waals surface area contributed by atoms with Crippen LogP contribution in [0, 0.1) is 11.6 Å². The summed E-state index contributed by atoms with van der Waals surface area (Å²) in [5.74, 6) is -0.345. The molecule has 0 aliphatic heterocycles. The molecule has 0 atom stereocenters. The summed E-state index contributed by atoms with van der Waals surface area (Å²) in [5.41, 5.74) is 2.49. The Labute approximate surface area is 107 Å². The summed E-state index contributed by atoms with van der Waals surface area (Å²) in [6.45, 7) is 1.93. The smallest absolute Gasteiger partial charge is 0.348 e. The molecule has 88 valence electrons. The van der Waals surface area contributed by atoms with Gasteiger partial charge in [-0.15, -0.1) is 11.3 Å². The molecule has 2 aromatic heterocycles. The van der Waals surface area contributed by atoms with Crippen molar-refractivity contribution in [3.8, 4) is 11.3 Å². The Morgan fingerprint density at radius 3 is 2.88 bits per heavy atom. The van der Waals surface area contributed by atoms with Crippen molar-refractivity contribution < 1.29 is 9.53 Å². The van der Waals surface area contributed by atoms with Crippen molar-refractivity contribution in [2.75, 3.05) is 7.11 Å². The fourth-order valence-electron chi connectivity index (χ4n) is 1.49. The maximum atomic E-state index is 11.6. The largest absolute Gasteiger partial charge is 0.465 e. The van der Waals surface area contributed by atoms with Crippen molar-refractivity contribution in [3.05, 3.63) is 32.6 Å². The number of nitrogens with one attached hydrogen (secondary N) is 1. The SMILES string of the molecule is COC(=O)c1scc(C)c1-c1ccc(=S)[nH]n1. The first-order valence-electron chi connectivity index (χ1n) is 4.86. The molecule has 6 heteroatoms. The lowest BCUT2D eigenvalue weighted by Gasteiger charge is -2.03. The van der Waals surface area contributed by atoms with Gasteiger partial charge in [-0.1, -0.05) is 12.2 Å². The highest BCUT2D eigenvalue weighted by atomic mass is 32.1. The first kappa shape index (κ1) is 11.9. The second-order valence-corrected chi connectivity index (χ2v) is 4.74. The number of nitrogens with zero attached hydrogens (tertiary/aromatic N) is 1. The van der Waals surface area contributed by atoms with Gasteiger partial charge < -0.3 is 4.74 Å². The Bertz CT molecular complexity index is 596. The van der Waals surface area contributed by atoms with E-state index in [0.29, 0.717) is 15.2 Å². The van der Waals surface area contributed by atoms with E-state index in [-0.39, 0.29) is 5.97 Å². The Morgan fingerprint density at radius 1 is 1.53 bits per heavy atom. The van der Waals surface area contributed by atoms with Crippen molar-refractivity contribution in [2.24, 2.45) is 0 Å². The molecular formula is C11H10N2O2S2. The Balaban J connectivity index is 2.58. The van der Waals surface area contributed by atoms with E-state index in [9.17, 15) is 4.79 Å². The number of esters is 1. The van der Waals surface area contributed by atoms with E-state index < -0.39 is 0 Å². The molecule has 0 aromatic carbocycles. The number of hydrogen-bond donors (Lipinski definition) is 1. The third-order valence-electron chi connectivity index (χ3n) is 2.28. The summed E-state index contributed by atoms with van der Waals surface area (Å²) in [6, 6.07) is 3.54. The van der Waals surface area contributed by atoms with Gasteiger partial charge in [0.1, 0.15) is 9.52 Å². The standard InChI is InChI=1S/C11H10N2O2S2/c1-6-5-17-10(11(14)15-2)9(6)7-3-4-8(16)13-12-7/h3-5H,1-2H3,(H,13,16). The quantitative estimate of drug-likeness (QED) is 0.670. The lowest BCUT2D eigenvalue weighted by atomic mass is 10.1. The summed E-state index contributed by atoms with van der Waals surface area (Å²) in [6.07, 6.45) is 0. The van der Waals surface area contributed by atoms with Crippen LogP contribution in [0.1, 0.15) is 15.2 Å². The first-order valence-corrected chi connectivity index (χ1v) is 6.14. The predicted octanol–water partition coefficient (Wildman–Crippen LogP) is 2.96. The lowest BCUT2D eigenvalue weighted by Crippen LogP contribution is -2.01. The molecule has 2 rings (SSSR count). The molecule has 0 bridgehead atoms. The summed E-state index contributed by atoms with van der Waals surface area (Å²) in [7, 11) is 1.37.